The summed E-state index contributed by atoms with van der Waals surface area (Å²) in [5.74, 6) is -0.0342. The largest absolute Gasteiger partial charge is 0.416 e. The first-order valence-electron chi connectivity index (χ1n) is 9.76. The number of alkyl halides is 3. The third-order valence-corrected chi connectivity index (χ3v) is 5.02. The van der Waals surface area contributed by atoms with Crippen molar-refractivity contribution in [2.24, 2.45) is 0 Å². The van der Waals surface area contributed by atoms with E-state index in [0.717, 1.165) is 37.6 Å². The molecule has 10 heteroatoms. The second-order valence-electron chi connectivity index (χ2n) is 7.11. The van der Waals surface area contributed by atoms with Crippen LogP contribution in [-0.4, -0.2) is 37.3 Å². The quantitative estimate of drug-likeness (QED) is 0.663. The Morgan fingerprint density at radius 1 is 1.10 bits per heavy atom. The number of anilines is 2. The van der Waals surface area contributed by atoms with E-state index in [4.69, 9.17) is 0 Å². The summed E-state index contributed by atoms with van der Waals surface area (Å²) >= 11 is 0. The summed E-state index contributed by atoms with van der Waals surface area (Å²) in [5, 5.41) is 2.72. The molecule has 4 rings (SSSR count). The number of carbonyl (C=O) groups excluding carboxylic acids is 1. The lowest BCUT2D eigenvalue weighted by molar-refractivity contribution is -0.137. The van der Waals surface area contributed by atoms with Crippen LogP contribution in [-0.2, 0) is 6.18 Å². The molecule has 31 heavy (non-hydrogen) atoms. The van der Waals surface area contributed by atoms with Gasteiger partial charge in [-0.3, -0.25) is 9.78 Å². The lowest BCUT2D eigenvalue weighted by Crippen LogP contribution is -2.39. The molecule has 1 aliphatic heterocycles. The van der Waals surface area contributed by atoms with Gasteiger partial charge in [0, 0.05) is 31.3 Å². The second-order valence-corrected chi connectivity index (χ2v) is 7.11. The lowest BCUT2D eigenvalue weighted by atomic mass is 9.98. The smallest absolute Gasteiger partial charge is 0.330 e. The van der Waals surface area contributed by atoms with E-state index in [2.05, 4.69) is 25.3 Å². The maximum absolute atomic E-state index is 13.0. The number of likely N-dealkylation sites (tertiary alicyclic amines) is 1. The molecule has 1 saturated heterocycles. The van der Waals surface area contributed by atoms with Gasteiger partial charge in [-0.1, -0.05) is 0 Å². The molecule has 0 spiro atoms. The second kappa shape index (κ2) is 8.66. The zero-order valence-electron chi connectivity index (χ0n) is 16.4. The predicted molar refractivity (Wildman–Crippen MR) is 106 cm³/mol. The third-order valence-electron chi connectivity index (χ3n) is 5.02. The minimum atomic E-state index is -4.47. The Morgan fingerprint density at radius 3 is 2.71 bits per heavy atom. The third kappa shape index (κ3) is 4.79. The van der Waals surface area contributed by atoms with Gasteiger partial charge < -0.3 is 10.2 Å². The first kappa shape index (κ1) is 20.7. The zero-order chi connectivity index (χ0) is 21.8. The van der Waals surface area contributed by atoms with Crippen molar-refractivity contribution in [2.45, 2.75) is 31.5 Å². The lowest BCUT2D eigenvalue weighted by Gasteiger charge is -2.35. The van der Waals surface area contributed by atoms with Crippen LogP contribution < -0.4 is 5.32 Å². The molecule has 160 valence electrons. The highest BCUT2D eigenvalue weighted by atomic mass is 19.4. The zero-order valence-corrected chi connectivity index (χ0v) is 16.4. The fourth-order valence-corrected chi connectivity index (χ4v) is 3.55. The molecule has 0 aromatic carbocycles. The number of pyridine rings is 2. The van der Waals surface area contributed by atoms with E-state index < -0.39 is 11.7 Å². The van der Waals surface area contributed by atoms with Crippen molar-refractivity contribution in [3.63, 3.8) is 0 Å². The average molecular weight is 428 g/mol. The molecule has 1 fully saturated rings. The van der Waals surface area contributed by atoms with Gasteiger partial charge in [0.05, 0.1) is 22.9 Å². The number of hydrogen-bond acceptors (Lipinski definition) is 6. The average Bonchev–Trinajstić information content (AvgIpc) is 2.79. The summed E-state index contributed by atoms with van der Waals surface area (Å²) in [7, 11) is 0. The molecule has 0 aliphatic carbocycles. The highest BCUT2D eigenvalue weighted by molar-refractivity contribution is 5.94. The first-order valence-corrected chi connectivity index (χ1v) is 9.76. The highest BCUT2D eigenvalue weighted by Gasteiger charge is 2.31. The molecule has 0 bridgehead atoms. The topological polar surface area (TPSA) is 83.9 Å². The van der Waals surface area contributed by atoms with E-state index in [-0.39, 0.29) is 23.7 Å². The van der Waals surface area contributed by atoms with E-state index >= 15 is 0 Å². The number of carbonyl (C=O) groups is 1. The van der Waals surface area contributed by atoms with Crippen LogP contribution in [0, 0.1) is 0 Å². The summed E-state index contributed by atoms with van der Waals surface area (Å²) in [6, 6.07) is 6.67. The van der Waals surface area contributed by atoms with E-state index in [9.17, 15) is 18.0 Å². The highest BCUT2D eigenvalue weighted by Crippen LogP contribution is 2.32. The minimum Gasteiger partial charge on any atom is -0.330 e. The summed E-state index contributed by atoms with van der Waals surface area (Å²) in [5.41, 5.74) is 0.290. The van der Waals surface area contributed by atoms with E-state index in [1.807, 2.05) is 0 Å². The molecule has 0 unspecified atom stereocenters. The molecule has 1 N–H and O–H groups in total. The molecule has 7 nitrogen and oxygen atoms in total. The molecule has 3 aromatic rings. The first-order chi connectivity index (χ1) is 14.9. The number of rotatable bonds is 4. The van der Waals surface area contributed by atoms with E-state index in [1.54, 1.807) is 29.3 Å². The van der Waals surface area contributed by atoms with Crippen molar-refractivity contribution >= 4 is 17.7 Å². The summed E-state index contributed by atoms with van der Waals surface area (Å²) < 4.78 is 38.8. The Balaban J connectivity index is 1.57. The van der Waals surface area contributed by atoms with E-state index in [1.165, 1.54) is 12.4 Å². The Morgan fingerprint density at radius 2 is 1.94 bits per heavy atom. The van der Waals surface area contributed by atoms with Crippen LogP contribution in [0.3, 0.4) is 0 Å². The number of amides is 1. The molecule has 1 amide bonds. The molecular weight excluding hydrogens is 409 g/mol. The maximum Gasteiger partial charge on any atom is 0.416 e. The number of piperidine rings is 1. The van der Waals surface area contributed by atoms with Crippen LogP contribution >= 0.6 is 0 Å². The van der Waals surface area contributed by atoms with Gasteiger partial charge in [0.2, 0.25) is 5.95 Å². The normalized spacial score (nSPS) is 16.7. The molecule has 4 heterocycles. The maximum atomic E-state index is 13.0. The van der Waals surface area contributed by atoms with Gasteiger partial charge in [0.25, 0.3) is 5.91 Å². The van der Waals surface area contributed by atoms with Crippen molar-refractivity contribution in [1.82, 2.24) is 24.8 Å². The van der Waals surface area contributed by atoms with Gasteiger partial charge in [0.1, 0.15) is 5.82 Å². The minimum absolute atomic E-state index is 0.0149. The van der Waals surface area contributed by atoms with Crippen LogP contribution in [0.1, 0.15) is 46.9 Å². The standard InChI is InChI=1S/C21H19F3N6O/c22-21(23,24)15-6-9-26-18(12-15)29-20-27-10-7-16(28-20)17-5-1-2-11-30(17)19(31)14-4-3-8-25-13-14/h3-4,6-10,12-13,17H,1-2,5,11H2,(H,26,27,28,29)/t17-/m1/s1. The fourth-order valence-electron chi connectivity index (χ4n) is 3.55. The van der Waals surface area contributed by atoms with Crippen molar-refractivity contribution in [3.8, 4) is 0 Å². The predicted octanol–water partition coefficient (Wildman–Crippen LogP) is 4.40. The molecule has 1 aliphatic rings. The molecule has 1 atom stereocenters. The number of nitrogens with one attached hydrogen (secondary N) is 1. The van der Waals surface area contributed by atoms with Gasteiger partial charge in [-0.05, 0) is 49.6 Å². The SMILES string of the molecule is O=C(c1cccnc1)N1CCCC[C@@H]1c1ccnc(Nc2cc(C(F)(F)F)ccn2)n1. The van der Waals surface area contributed by atoms with E-state index in [0.29, 0.717) is 17.8 Å². The summed E-state index contributed by atoms with van der Waals surface area (Å²) in [6.45, 7) is 0.584. The monoisotopic (exact) mass is 428 g/mol. The number of halogens is 3. The summed E-state index contributed by atoms with van der Waals surface area (Å²) in [6.07, 6.45) is 3.79. The van der Waals surface area contributed by atoms with Gasteiger partial charge in [-0.25, -0.2) is 15.0 Å². The van der Waals surface area contributed by atoms with Crippen LogP contribution in [0.5, 0.6) is 0 Å². The molecule has 0 radical (unpaired) electrons. The number of aromatic nitrogens is 4. The Hall–Kier alpha value is -3.56. The molecule has 0 saturated carbocycles. The Bertz CT molecular complexity index is 1060. The van der Waals surface area contributed by atoms with Crippen LogP contribution in [0.25, 0.3) is 0 Å². The van der Waals surface area contributed by atoms with Gasteiger partial charge >= 0.3 is 6.18 Å². The molecule has 3 aromatic heterocycles. The number of hydrogen-bond donors (Lipinski definition) is 1. The Kier molecular flexibility index (Phi) is 5.79. The fraction of sp³-hybridized carbons (Fsp3) is 0.286. The van der Waals surface area contributed by atoms with Crippen molar-refractivity contribution in [1.29, 1.82) is 0 Å². The van der Waals surface area contributed by atoms with Gasteiger partial charge in [0.15, 0.2) is 0 Å². The van der Waals surface area contributed by atoms with Crippen molar-refractivity contribution in [2.75, 3.05) is 11.9 Å². The van der Waals surface area contributed by atoms with Crippen LogP contribution in [0.4, 0.5) is 24.9 Å². The Labute approximate surface area is 176 Å². The molecular formula is C21H19F3N6O. The van der Waals surface area contributed by atoms with Crippen molar-refractivity contribution in [3.05, 3.63) is 71.9 Å². The van der Waals surface area contributed by atoms with Crippen molar-refractivity contribution < 1.29 is 18.0 Å². The van der Waals surface area contributed by atoms with Crippen LogP contribution in [0.2, 0.25) is 0 Å². The van der Waals surface area contributed by atoms with Crippen LogP contribution in [0.15, 0.2) is 55.1 Å². The number of nitrogens with zero attached hydrogens (tertiary/aromatic N) is 5. The summed E-state index contributed by atoms with van der Waals surface area (Å²) in [4.78, 5) is 31.2. The van der Waals surface area contributed by atoms with Gasteiger partial charge in [-0.15, -0.1) is 0 Å². The van der Waals surface area contributed by atoms with Gasteiger partial charge in [-0.2, -0.15) is 13.2 Å².